The molecule has 0 aromatic carbocycles. The number of carbonyl (C=O) groups excluding carboxylic acids is 1. The van der Waals surface area contributed by atoms with Crippen LogP contribution in [0.3, 0.4) is 0 Å². The van der Waals surface area contributed by atoms with Gasteiger partial charge in [0.15, 0.2) is 0 Å². The van der Waals surface area contributed by atoms with Gasteiger partial charge in [0.25, 0.3) is 0 Å². The van der Waals surface area contributed by atoms with Crippen LogP contribution in [0.2, 0.25) is 0 Å². The van der Waals surface area contributed by atoms with E-state index in [9.17, 15) is 9.59 Å². The van der Waals surface area contributed by atoms with Crippen LogP contribution in [-0.2, 0) is 14.3 Å². The lowest BCUT2D eigenvalue weighted by molar-refractivity contribution is -0.141. The molecule has 1 amide bonds. The highest BCUT2D eigenvalue weighted by Gasteiger charge is 2.34. The van der Waals surface area contributed by atoms with E-state index in [4.69, 9.17) is 9.84 Å². The highest BCUT2D eigenvalue weighted by atomic mass is 16.5. The van der Waals surface area contributed by atoms with Crippen molar-refractivity contribution in [1.82, 2.24) is 4.90 Å². The molecule has 5 nitrogen and oxygen atoms in total. The van der Waals surface area contributed by atoms with Crippen LogP contribution in [0, 0.1) is 11.8 Å². The molecular formula is C13H23NO4. The van der Waals surface area contributed by atoms with Gasteiger partial charge in [-0.05, 0) is 33.1 Å². The predicted molar refractivity (Wildman–Crippen MR) is 67.2 cm³/mol. The van der Waals surface area contributed by atoms with Gasteiger partial charge in [-0.15, -0.1) is 0 Å². The van der Waals surface area contributed by atoms with Crippen molar-refractivity contribution in [2.45, 2.75) is 39.2 Å². The molecule has 1 aliphatic carbocycles. The first-order chi connectivity index (χ1) is 8.41. The molecule has 0 saturated heterocycles. The van der Waals surface area contributed by atoms with Crippen LogP contribution >= 0.6 is 0 Å². The zero-order valence-electron chi connectivity index (χ0n) is 11.4. The summed E-state index contributed by atoms with van der Waals surface area (Å²) in [6.07, 6.45) is 1.94. The summed E-state index contributed by atoms with van der Waals surface area (Å²) in [7, 11) is 1.75. The van der Waals surface area contributed by atoms with E-state index >= 15 is 0 Å². The third-order valence-corrected chi connectivity index (χ3v) is 3.39. The van der Waals surface area contributed by atoms with Crippen molar-refractivity contribution in [3.63, 3.8) is 0 Å². The summed E-state index contributed by atoms with van der Waals surface area (Å²) in [6.45, 7) is 4.99. The number of ether oxygens (including phenoxy) is 1. The molecule has 1 rings (SSSR count). The summed E-state index contributed by atoms with van der Waals surface area (Å²) in [5.74, 6) is -1.21. The van der Waals surface area contributed by atoms with E-state index in [2.05, 4.69) is 0 Å². The largest absolute Gasteiger partial charge is 0.481 e. The molecule has 0 aromatic rings. The number of carboxylic acid groups (broad SMARTS) is 1. The number of aliphatic carboxylic acids is 1. The molecule has 0 aliphatic heterocycles. The molecule has 18 heavy (non-hydrogen) atoms. The molecule has 1 saturated carbocycles. The van der Waals surface area contributed by atoms with E-state index in [0.717, 1.165) is 0 Å². The molecule has 5 heteroatoms. The molecule has 1 fully saturated rings. The average molecular weight is 257 g/mol. The number of nitrogens with zero attached hydrogens (tertiary/aromatic N) is 1. The van der Waals surface area contributed by atoms with Gasteiger partial charge in [-0.25, -0.2) is 0 Å². The molecule has 0 radical (unpaired) electrons. The first kappa shape index (κ1) is 15.0. The molecule has 2 atom stereocenters. The second-order valence-corrected chi connectivity index (χ2v) is 5.22. The van der Waals surface area contributed by atoms with Crippen LogP contribution in [-0.4, -0.2) is 48.2 Å². The highest BCUT2D eigenvalue weighted by Crippen LogP contribution is 2.32. The van der Waals surface area contributed by atoms with E-state index in [-0.39, 0.29) is 23.8 Å². The number of hydrogen-bond donors (Lipinski definition) is 1. The third kappa shape index (κ3) is 4.29. The summed E-state index contributed by atoms with van der Waals surface area (Å²) < 4.78 is 5.40. The minimum absolute atomic E-state index is 0.0473. The maximum atomic E-state index is 12.1. The first-order valence-corrected chi connectivity index (χ1v) is 6.51. The fourth-order valence-electron chi connectivity index (χ4n) is 2.28. The van der Waals surface area contributed by atoms with E-state index in [1.165, 1.54) is 0 Å². The molecule has 104 valence electrons. The quantitative estimate of drug-likeness (QED) is 0.780. The van der Waals surface area contributed by atoms with Gasteiger partial charge in [0.05, 0.1) is 18.6 Å². The zero-order chi connectivity index (χ0) is 13.7. The van der Waals surface area contributed by atoms with Gasteiger partial charge in [0.1, 0.15) is 0 Å². The average Bonchev–Trinajstić information content (AvgIpc) is 2.76. The Morgan fingerprint density at radius 3 is 2.44 bits per heavy atom. The number of likely N-dealkylation sites (N-methyl/N-ethyl adjacent to an activating group) is 1. The zero-order valence-corrected chi connectivity index (χ0v) is 11.4. The van der Waals surface area contributed by atoms with Crippen molar-refractivity contribution in [2.24, 2.45) is 11.8 Å². The van der Waals surface area contributed by atoms with Crippen LogP contribution in [0.25, 0.3) is 0 Å². The maximum Gasteiger partial charge on any atom is 0.306 e. The van der Waals surface area contributed by atoms with Crippen LogP contribution in [0.4, 0.5) is 0 Å². The maximum absolute atomic E-state index is 12.1. The third-order valence-electron chi connectivity index (χ3n) is 3.39. The Labute approximate surface area is 108 Å². The summed E-state index contributed by atoms with van der Waals surface area (Å²) in [5, 5.41) is 8.91. The Kier molecular flexibility index (Phi) is 5.59. The van der Waals surface area contributed by atoms with E-state index < -0.39 is 5.97 Å². The van der Waals surface area contributed by atoms with Gasteiger partial charge in [0, 0.05) is 19.5 Å². The van der Waals surface area contributed by atoms with Crippen molar-refractivity contribution in [1.29, 1.82) is 0 Å². The van der Waals surface area contributed by atoms with Gasteiger partial charge < -0.3 is 14.7 Å². The number of rotatable bonds is 6. The molecule has 1 N–H and O–H groups in total. The van der Waals surface area contributed by atoms with Crippen molar-refractivity contribution in [3.05, 3.63) is 0 Å². The summed E-state index contributed by atoms with van der Waals surface area (Å²) >= 11 is 0. The standard InChI is InChI=1S/C13H23NO4/c1-9(2)18-7-6-14(3)12(15)10-4-5-11(8-10)13(16)17/h9-11H,4-8H2,1-3H3,(H,16,17). The molecule has 0 heterocycles. The summed E-state index contributed by atoms with van der Waals surface area (Å²) in [5.41, 5.74) is 0. The molecular weight excluding hydrogens is 234 g/mol. The van der Waals surface area contributed by atoms with Crippen LogP contribution in [0.15, 0.2) is 0 Å². The van der Waals surface area contributed by atoms with Gasteiger partial charge in [-0.2, -0.15) is 0 Å². The van der Waals surface area contributed by atoms with Crippen molar-refractivity contribution in [3.8, 4) is 0 Å². The van der Waals surface area contributed by atoms with Gasteiger partial charge in [-0.1, -0.05) is 0 Å². The summed E-state index contributed by atoms with van der Waals surface area (Å²) in [4.78, 5) is 24.6. The molecule has 1 aliphatic rings. The fraction of sp³-hybridized carbons (Fsp3) is 0.846. The molecule has 0 aromatic heterocycles. The van der Waals surface area contributed by atoms with Crippen molar-refractivity contribution in [2.75, 3.05) is 20.2 Å². The summed E-state index contributed by atoms with van der Waals surface area (Å²) in [6, 6.07) is 0. The van der Waals surface area contributed by atoms with Crippen molar-refractivity contribution < 1.29 is 19.4 Å². The fourth-order valence-corrected chi connectivity index (χ4v) is 2.28. The number of hydrogen-bond acceptors (Lipinski definition) is 3. The Balaban J connectivity index is 2.33. The van der Waals surface area contributed by atoms with E-state index in [1.54, 1.807) is 11.9 Å². The SMILES string of the molecule is CC(C)OCCN(C)C(=O)C1CCC(C(=O)O)C1. The number of carbonyl (C=O) groups is 2. The number of amides is 1. The Bertz CT molecular complexity index is 303. The molecule has 0 bridgehead atoms. The van der Waals surface area contributed by atoms with Gasteiger partial charge in [0.2, 0.25) is 5.91 Å². The minimum Gasteiger partial charge on any atom is -0.481 e. The minimum atomic E-state index is -0.781. The van der Waals surface area contributed by atoms with Crippen LogP contribution < -0.4 is 0 Å². The normalized spacial score (nSPS) is 23.3. The Hall–Kier alpha value is -1.10. The second-order valence-electron chi connectivity index (χ2n) is 5.22. The predicted octanol–water partition coefficient (Wildman–Crippen LogP) is 1.37. The molecule has 0 spiro atoms. The van der Waals surface area contributed by atoms with Crippen LogP contribution in [0.5, 0.6) is 0 Å². The topological polar surface area (TPSA) is 66.8 Å². The highest BCUT2D eigenvalue weighted by molar-refractivity contribution is 5.80. The molecule has 2 unspecified atom stereocenters. The second kappa shape index (κ2) is 6.73. The van der Waals surface area contributed by atoms with Crippen molar-refractivity contribution >= 4 is 11.9 Å². The van der Waals surface area contributed by atoms with E-state index in [0.29, 0.717) is 32.4 Å². The lowest BCUT2D eigenvalue weighted by Crippen LogP contribution is -2.35. The van der Waals surface area contributed by atoms with E-state index in [1.807, 2.05) is 13.8 Å². The Morgan fingerprint density at radius 1 is 1.33 bits per heavy atom. The number of carboxylic acids is 1. The smallest absolute Gasteiger partial charge is 0.306 e. The van der Waals surface area contributed by atoms with Crippen LogP contribution in [0.1, 0.15) is 33.1 Å². The first-order valence-electron chi connectivity index (χ1n) is 6.51. The van der Waals surface area contributed by atoms with Gasteiger partial charge >= 0.3 is 5.97 Å². The van der Waals surface area contributed by atoms with Gasteiger partial charge in [-0.3, -0.25) is 9.59 Å². The Morgan fingerprint density at radius 2 is 1.94 bits per heavy atom. The lowest BCUT2D eigenvalue weighted by atomic mass is 10.0. The monoisotopic (exact) mass is 257 g/mol. The lowest BCUT2D eigenvalue weighted by Gasteiger charge is -2.21.